The molecule has 4 nitrogen and oxygen atoms in total. The second-order valence-electron chi connectivity index (χ2n) is 4.24. The molecular formula is C14H7BrF2N2O2. The summed E-state index contributed by atoms with van der Waals surface area (Å²) in [5.74, 6) is -1.43. The van der Waals surface area contributed by atoms with Crippen LogP contribution in [-0.2, 0) is 0 Å². The van der Waals surface area contributed by atoms with Crippen molar-refractivity contribution in [2.24, 2.45) is 0 Å². The SMILES string of the molecule is Oc1cc(Br)ccc1-c1nc(-c2cc(F)cc(F)c2)no1. The van der Waals surface area contributed by atoms with Crippen LogP contribution in [0.3, 0.4) is 0 Å². The van der Waals surface area contributed by atoms with Crippen LogP contribution in [0.2, 0.25) is 0 Å². The van der Waals surface area contributed by atoms with Gasteiger partial charge in [0.05, 0.1) is 5.56 Å². The molecule has 7 heteroatoms. The molecule has 1 aromatic heterocycles. The number of rotatable bonds is 2. The Balaban J connectivity index is 2.03. The van der Waals surface area contributed by atoms with Crippen molar-refractivity contribution in [3.8, 4) is 28.6 Å². The number of hydrogen-bond donors (Lipinski definition) is 1. The van der Waals surface area contributed by atoms with E-state index in [9.17, 15) is 13.9 Å². The van der Waals surface area contributed by atoms with Crippen LogP contribution in [0, 0.1) is 11.6 Å². The van der Waals surface area contributed by atoms with Crippen molar-refractivity contribution >= 4 is 15.9 Å². The topological polar surface area (TPSA) is 59.2 Å². The molecule has 0 fully saturated rings. The van der Waals surface area contributed by atoms with Gasteiger partial charge in [-0.05, 0) is 30.3 Å². The summed E-state index contributed by atoms with van der Waals surface area (Å²) >= 11 is 3.22. The molecule has 3 rings (SSSR count). The van der Waals surface area contributed by atoms with Crippen molar-refractivity contribution < 1.29 is 18.4 Å². The van der Waals surface area contributed by atoms with Crippen LogP contribution in [0.1, 0.15) is 0 Å². The molecule has 1 N–H and O–H groups in total. The zero-order valence-corrected chi connectivity index (χ0v) is 11.9. The summed E-state index contributed by atoms with van der Waals surface area (Å²) < 4.78 is 32.1. The third kappa shape index (κ3) is 2.78. The van der Waals surface area contributed by atoms with Crippen LogP contribution in [0.15, 0.2) is 45.4 Å². The quantitative estimate of drug-likeness (QED) is 0.752. The fourth-order valence-electron chi connectivity index (χ4n) is 1.82. The summed E-state index contributed by atoms with van der Waals surface area (Å²) in [6.07, 6.45) is 0. The van der Waals surface area contributed by atoms with Gasteiger partial charge in [-0.3, -0.25) is 0 Å². The number of nitrogens with zero attached hydrogens (tertiary/aromatic N) is 2. The summed E-state index contributed by atoms with van der Waals surface area (Å²) in [6, 6.07) is 7.70. The number of halogens is 3. The number of phenolic OH excluding ortho intramolecular Hbond substituents is 1. The van der Waals surface area contributed by atoms with Crippen LogP contribution in [0.4, 0.5) is 8.78 Å². The minimum absolute atomic E-state index is 0.0331. The highest BCUT2D eigenvalue weighted by Crippen LogP contribution is 2.31. The Morgan fingerprint density at radius 3 is 2.43 bits per heavy atom. The zero-order valence-electron chi connectivity index (χ0n) is 10.3. The minimum Gasteiger partial charge on any atom is -0.507 e. The smallest absolute Gasteiger partial charge is 0.261 e. The molecule has 0 aliphatic heterocycles. The van der Waals surface area contributed by atoms with Gasteiger partial charge in [-0.25, -0.2) is 8.78 Å². The number of phenols is 1. The lowest BCUT2D eigenvalue weighted by molar-refractivity contribution is 0.425. The van der Waals surface area contributed by atoms with E-state index in [-0.39, 0.29) is 23.0 Å². The van der Waals surface area contributed by atoms with E-state index in [1.54, 1.807) is 12.1 Å². The molecule has 1 heterocycles. The molecule has 21 heavy (non-hydrogen) atoms. The summed E-state index contributed by atoms with van der Waals surface area (Å²) in [4.78, 5) is 4.04. The third-order valence-electron chi connectivity index (χ3n) is 2.74. The molecule has 0 spiro atoms. The minimum atomic E-state index is -0.733. The lowest BCUT2D eigenvalue weighted by Gasteiger charge is -1.99. The number of aromatic hydroxyl groups is 1. The van der Waals surface area contributed by atoms with Crippen molar-refractivity contribution in [3.05, 3.63) is 52.5 Å². The lowest BCUT2D eigenvalue weighted by Crippen LogP contribution is -1.86. The van der Waals surface area contributed by atoms with Gasteiger partial charge in [-0.15, -0.1) is 0 Å². The molecule has 0 aliphatic carbocycles. The van der Waals surface area contributed by atoms with Crippen LogP contribution >= 0.6 is 15.9 Å². The Bertz CT molecular complexity index is 800. The van der Waals surface area contributed by atoms with Crippen molar-refractivity contribution in [1.82, 2.24) is 10.1 Å². The van der Waals surface area contributed by atoms with E-state index in [0.29, 0.717) is 10.0 Å². The highest BCUT2D eigenvalue weighted by Gasteiger charge is 2.15. The van der Waals surface area contributed by atoms with E-state index >= 15 is 0 Å². The Kier molecular flexibility index (Phi) is 3.42. The van der Waals surface area contributed by atoms with Crippen molar-refractivity contribution in [3.63, 3.8) is 0 Å². The zero-order chi connectivity index (χ0) is 15.0. The Morgan fingerprint density at radius 2 is 1.76 bits per heavy atom. The lowest BCUT2D eigenvalue weighted by atomic mass is 10.2. The first-order valence-electron chi connectivity index (χ1n) is 5.82. The van der Waals surface area contributed by atoms with E-state index in [1.807, 2.05) is 0 Å². The van der Waals surface area contributed by atoms with Gasteiger partial charge in [0.15, 0.2) is 0 Å². The van der Waals surface area contributed by atoms with Gasteiger partial charge < -0.3 is 9.63 Å². The molecule has 0 radical (unpaired) electrons. The molecule has 3 aromatic rings. The predicted octanol–water partition coefficient (Wildman–Crippen LogP) is 4.15. The van der Waals surface area contributed by atoms with Gasteiger partial charge in [-0.1, -0.05) is 21.1 Å². The molecule has 0 atom stereocenters. The van der Waals surface area contributed by atoms with Gasteiger partial charge in [0.25, 0.3) is 5.89 Å². The first-order chi connectivity index (χ1) is 10.0. The van der Waals surface area contributed by atoms with E-state index in [0.717, 1.165) is 18.2 Å². The van der Waals surface area contributed by atoms with Crippen LogP contribution < -0.4 is 0 Å². The summed E-state index contributed by atoms with van der Waals surface area (Å²) in [5.41, 5.74) is 0.480. The first kappa shape index (κ1) is 13.7. The van der Waals surface area contributed by atoms with Crippen molar-refractivity contribution in [2.45, 2.75) is 0 Å². The number of hydrogen-bond acceptors (Lipinski definition) is 4. The average Bonchev–Trinajstić information content (AvgIpc) is 2.87. The molecule has 0 saturated heterocycles. The van der Waals surface area contributed by atoms with Crippen molar-refractivity contribution in [1.29, 1.82) is 0 Å². The van der Waals surface area contributed by atoms with Crippen LogP contribution in [0.5, 0.6) is 5.75 Å². The Morgan fingerprint density at radius 1 is 1.05 bits per heavy atom. The largest absolute Gasteiger partial charge is 0.507 e. The normalized spacial score (nSPS) is 10.8. The van der Waals surface area contributed by atoms with Gasteiger partial charge in [-0.2, -0.15) is 4.98 Å². The highest BCUT2D eigenvalue weighted by atomic mass is 79.9. The van der Waals surface area contributed by atoms with Gasteiger partial charge in [0.2, 0.25) is 5.82 Å². The number of aromatic nitrogens is 2. The molecule has 0 amide bonds. The Hall–Kier alpha value is -2.28. The summed E-state index contributed by atoms with van der Waals surface area (Å²) in [5, 5.41) is 13.5. The molecule has 0 aliphatic rings. The van der Waals surface area contributed by atoms with Crippen LogP contribution in [0.25, 0.3) is 22.8 Å². The molecule has 106 valence electrons. The Labute approximate surface area is 126 Å². The number of benzene rings is 2. The van der Waals surface area contributed by atoms with E-state index < -0.39 is 11.6 Å². The second-order valence-corrected chi connectivity index (χ2v) is 5.16. The molecule has 0 unspecified atom stereocenters. The monoisotopic (exact) mass is 352 g/mol. The predicted molar refractivity (Wildman–Crippen MR) is 74.5 cm³/mol. The second kappa shape index (κ2) is 5.25. The van der Waals surface area contributed by atoms with Crippen molar-refractivity contribution in [2.75, 3.05) is 0 Å². The highest BCUT2D eigenvalue weighted by molar-refractivity contribution is 9.10. The third-order valence-corrected chi connectivity index (χ3v) is 3.23. The van der Waals surface area contributed by atoms with E-state index in [4.69, 9.17) is 4.52 Å². The maximum atomic E-state index is 13.2. The molecule has 0 saturated carbocycles. The molecule has 2 aromatic carbocycles. The maximum absolute atomic E-state index is 13.2. The molecular weight excluding hydrogens is 346 g/mol. The van der Waals surface area contributed by atoms with Crippen LogP contribution in [-0.4, -0.2) is 15.2 Å². The standard InChI is InChI=1S/C14H7BrF2N2O2/c15-8-1-2-11(12(20)5-8)14-18-13(19-21-14)7-3-9(16)6-10(17)4-7/h1-6,20H. The fraction of sp³-hybridized carbons (Fsp3) is 0. The fourth-order valence-corrected chi connectivity index (χ4v) is 2.17. The van der Waals surface area contributed by atoms with Gasteiger partial charge in [0, 0.05) is 16.1 Å². The summed E-state index contributed by atoms with van der Waals surface area (Å²) in [6.45, 7) is 0. The van der Waals surface area contributed by atoms with E-state index in [2.05, 4.69) is 26.1 Å². The first-order valence-corrected chi connectivity index (χ1v) is 6.61. The summed E-state index contributed by atoms with van der Waals surface area (Å²) in [7, 11) is 0. The average molecular weight is 353 g/mol. The van der Waals surface area contributed by atoms with Gasteiger partial charge in [0.1, 0.15) is 17.4 Å². The van der Waals surface area contributed by atoms with Gasteiger partial charge >= 0.3 is 0 Å². The molecule has 0 bridgehead atoms. The maximum Gasteiger partial charge on any atom is 0.261 e. The van der Waals surface area contributed by atoms with E-state index in [1.165, 1.54) is 6.07 Å².